The van der Waals surface area contributed by atoms with E-state index in [4.69, 9.17) is 21.1 Å². The second-order valence-corrected chi connectivity index (χ2v) is 10.1. The Labute approximate surface area is 200 Å². The molecule has 11 heteroatoms. The summed E-state index contributed by atoms with van der Waals surface area (Å²) in [5.74, 6) is -5.19. The van der Waals surface area contributed by atoms with Crippen molar-refractivity contribution in [2.24, 2.45) is 16.8 Å². The molecular formula is C23H25ClF2N4O4. The lowest BCUT2D eigenvalue weighted by Crippen LogP contribution is -2.56. The number of carbonyl (C=O) groups excluding carboxylic acids is 2. The Morgan fingerprint density at radius 1 is 1.26 bits per heavy atom. The van der Waals surface area contributed by atoms with Crippen LogP contribution < -0.4 is 10.6 Å². The van der Waals surface area contributed by atoms with Crippen molar-refractivity contribution in [2.45, 2.75) is 51.2 Å². The molecule has 2 amide bonds. The molecule has 2 N–H and O–H groups in total. The van der Waals surface area contributed by atoms with E-state index < -0.39 is 47.5 Å². The zero-order valence-corrected chi connectivity index (χ0v) is 19.9. The van der Waals surface area contributed by atoms with Gasteiger partial charge in [-0.3, -0.25) is 9.78 Å². The number of ether oxygens (including phenoxy) is 2. The van der Waals surface area contributed by atoms with E-state index in [-0.39, 0.29) is 12.4 Å². The summed E-state index contributed by atoms with van der Waals surface area (Å²) in [5.41, 5.74) is -1.72. The van der Waals surface area contributed by atoms with Crippen LogP contribution in [0.25, 0.3) is 10.9 Å². The van der Waals surface area contributed by atoms with Gasteiger partial charge in [-0.05, 0) is 46.2 Å². The van der Waals surface area contributed by atoms with Crippen LogP contribution in [0.4, 0.5) is 19.3 Å². The molecule has 0 bridgehead atoms. The molecule has 1 aliphatic carbocycles. The van der Waals surface area contributed by atoms with Crippen molar-refractivity contribution >= 4 is 46.2 Å². The lowest BCUT2D eigenvalue weighted by molar-refractivity contribution is -0.127. The summed E-state index contributed by atoms with van der Waals surface area (Å²) < 4.78 is 39.9. The number of rotatable bonds is 3. The number of pyridine rings is 1. The lowest BCUT2D eigenvalue weighted by Gasteiger charge is -2.38. The second kappa shape index (κ2) is 8.33. The van der Waals surface area contributed by atoms with Crippen LogP contribution in [0, 0.1) is 11.8 Å². The van der Waals surface area contributed by atoms with Crippen LogP contribution in [-0.4, -0.2) is 46.7 Å². The third-order valence-electron chi connectivity index (χ3n) is 5.86. The van der Waals surface area contributed by atoms with E-state index in [9.17, 15) is 18.4 Å². The number of hydrogen-bond acceptors (Lipinski definition) is 6. The fourth-order valence-corrected chi connectivity index (χ4v) is 4.17. The minimum absolute atomic E-state index is 0.213. The maximum atomic E-state index is 14.9. The van der Waals surface area contributed by atoms with Crippen molar-refractivity contribution in [1.29, 1.82) is 0 Å². The summed E-state index contributed by atoms with van der Waals surface area (Å²) in [6.07, 6.45) is 0.815. The Kier molecular flexibility index (Phi) is 5.91. The average Bonchev–Trinajstić information content (AvgIpc) is 3.51. The van der Waals surface area contributed by atoms with E-state index in [1.807, 2.05) is 0 Å². The lowest BCUT2D eigenvalue weighted by atomic mass is 9.87. The van der Waals surface area contributed by atoms with E-state index >= 15 is 0 Å². The highest BCUT2D eigenvalue weighted by Crippen LogP contribution is 2.55. The van der Waals surface area contributed by atoms with Gasteiger partial charge in [0.15, 0.2) is 6.61 Å². The number of hydrogen-bond donors (Lipinski definition) is 2. The molecule has 0 radical (unpaired) electrons. The molecule has 0 saturated heterocycles. The molecule has 0 spiro atoms. The Bertz CT molecular complexity index is 1180. The maximum absolute atomic E-state index is 14.9. The summed E-state index contributed by atoms with van der Waals surface area (Å²) in [6.45, 7) is 5.30. The highest BCUT2D eigenvalue weighted by Gasteiger charge is 2.66. The normalized spacial score (nSPS) is 25.7. The molecule has 1 saturated carbocycles. The number of benzene rings is 1. The van der Waals surface area contributed by atoms with Gasteiger partial charge >= 0.3 is 12.0 Å². The van der Waals surface area contributed by atoms with Gasteiger partial charge in [0.05, 0.1) is 16.2 Å². The van der Waals surface area contributed by atoms with Crippen LogP contribution >= 0.6 is 11.6 Å². The van der Waals surface area contributed by atoms with Crippen LogP contribution in [-0.2, 0) is 14.3 Å². The monoisotopic (exact) mass is 494 g/mol. The van der Waals surface area contributed by atoms with Crippen LogP contribution in [0.5, 0.6) is 0 Å². The smallest absolute Gasteiger partial charge is 0.415 e. The maximum Gasteiger partial charge on any atom is 0.415 e. The van der Waals surface area contributed by atoms with Crippen LogP contribution in [0.2, 0.25) is 5.02 Å². The molecular weight excluding hydrogens is 470 g/mol. The van der Waals surface area contributed by atoms with Crippen molar-refractivity contribution in [1.82, 2.24) is 10.3 Å². The van der Waals surface area contributed by atoms with E-state index in [0.717, 1.165) is 5.39 Å². The summed E-state index contributed by atoms with van der Waals surface area (Å²) in [6, 6.07) is 6.60. The SMILES string of the molecule is CC(C)(C)OC(=O)NC1=NC(C)([C@H]2C[C@@H]2C(=O)Nc2cccc3cc(Cl)cnc23)C(F)(F)CO1. The van der Waals surface area contributed by atoms with E-state index in [0.29, 0.717) is 16.2 Å². The molecule has 1 aromatic carbocycles. The van der Waals surface area contributed by atoms with Gasteiger partial charge in [0.2, 0.25) is 5.91 Å². The third-order valence-corrected chi connectivity index (χ3v) is 6.06. The molecule has 34 heavy (non-hydrogen) atoms. The van der Waals surface area contributed by atoms with Crippen molar-refractivity contribution in [3.63, 3.8) is 0 Å². The first-order valence-corrected chi connectivity index (χ1v) is 11.1. The number of alkyl carbamates (subject to hydrolysis) is 1. The number of alkyl halides is 2. The predicted octanol–water partition coefficient (Wildman–Crippen LogP) is 4.77. The van der Waals surface area contributed by atoms with Gasteiger partial charge in [0.1, 0.15) is 11.1 Å². The second-order valence-electron chi connectivity index (χ2n) is 9.65. The van der Waals surface area contributed by atoms with Gasteiger partial charge in [-0.1, -0.05) is 23.7 Å². The van der Waals surface area contributed by atoms with Gasteiger partial charge in [-0.2, -0.15) is 0 Å². The zero-order chi connectivity index (χ0) is 24.9. The first-order valence-electron chi connectivity index (χ1n) is 10.7. The Morgan fingerprint density at radius 2 is 2.00 bits per heavy atom. The number of anilines is 1. The van der Waals surface area contributed by atoms with Crippen molar-refractivity contribution in [3.8, 4) is 0 Å². The quantitative estimate of drug-likeness (QED) is 0.640. The molecule has 1 aliphatic heterocycles. The summed E-state index contributed by atoms with van der Waals surface area (Å²) in [5, 5.41) is 6.26. The number of amides is 2. The molecule has 1 aromatic heterocycles. The fourth-order valence-electron chi connectivity index (χ4n) is 4.01. The van der Waals surface area contributed by atoms with Crippen LogP contribution in [0.3, 0.4) is 0 Å². The van der Waals surface area contributed by atoms with Gasteiger partial charge in [0.25, 0.3) is 6.02 Å². The van der Waals surface area contributed by atoms with Gasteiger partial charge in [-0.15, -0.1) is 0 Å². The van der Waals surface area contributed by atoms with Crippen molar-refractivity contribution < 1.29 is 27.8 Å². The molecule has 4 rings (SSSR count). The van der Waals surface area contributed by atoms with E-state index in [2.05, 4.69) is 20.6 Å². The van der Waals surface area contributed by atoms with Gasteiger partial charge in [0, 0.05) is 23.4 Å². The van der Waals surface area contributed by atoms with E-state index in [1.54, 1.807) is 45.0 Å². The molecule has 182 valence electrons. The minimum Gasteiger partial charge on any atom is -0.458 e. The zero-order valence-electron chi connectivity index (χ0n) is 19.1. The first-order chi connectivity index (χ1) is 15.8. The van der Waals surface area contributed by atoms with Crippen LogP contribution in [0.1, 0.15) is 34.1 Å². The Hall–Kier alpha value is -3.01. The molecule has 2 aliphatic rings. The summed E-state index contributed by atoms with van der Waals surface area (Å²) >= 11 is 5.98. The van der Waals surface area contributed by atoms with Gasteiger partial charge in [-0.25, -0.2) is 23.9 Å². The number of carbonyl (C=O) groups is 2. The van der Waals surface area contributed by atoms with Crippen LogP contribution in [0.15, 0.2) is 35.5 Å². The minimum atomic E-state index is -3.34. The average molecular weight is 495 g/mol. The fraction of sp³-hybridized carbons (Fsp3) is 0.478. The third kappa shape index (κ3) is 4.77. The van der Waals surface area contributed by atoms with Gasteiger partial charge < -0.3 is 14.8 Å². The number of para-hydroxylation sites is 1. The van der Waals surface area contributed by atoms with E-state index in [1.165, 1.54) is 13.1 Å². The first kappa shape index (κ1) is 24.1. The number of nitrogens with one attached hydrogen (secondary N) is 2. The molecule has 2 aromatic rings. The largest absolute Gasteiger partial charge is 0.458 e. The topological polar surface area (TPSA) is 102 Å². The molecule has 1 fully saturated rings. The molecule has 3 atom stereocenters. The molecule has 1 unspecified atom stereocenters. The number of aliphatic imine (C=N–C) groups is 1. The highest BCUT2D eigenvalue weighted by molar-refractivity contribution is 6.31. The standard InChI is InChI=1S/C23H25ClF2N4O4/c1-21(2,3)34-20(32)29-19-30-22(4,23(25,26)11-33-19)15-9-14(15)18(31)28-16-7-5-6-12-8-13(24)10-27-17(12)16/h5-8,10,14-15H,9,11H2,1-4H3,(H,28,31)(H,29,30,32)/t14-,15-,22?/m0/s1. The predicted molar refractivity (Wildman–Crippen MR) is 123 cm³/mol. The Balaban J connectivity index is 1.50. The van der Waals surface area contributed by atoms with Crippen molar-refractivity contribution in [3.05, 3.63) is 35.5 Å². The number of amidine groups is 1. The summed E-state index contributed by atoms with van der Waals surface area (Å²) in [7, 11) is 0. The molecule has 8 nitrogen and oxygen atoms in total. The molecule has 2 heterocycles. The Morgan fingerprint density at radius 3 is 2.71 bits per heavy atom. The number of halogens is 3. The number of fused-ring (bicyclic) bond motifs is 1. The van der Waals surface area contributed by atoms with Crippen molar-refractivity contribution in [2.75, 3.05) is 11.9 Å². The highest BCUT2D eigenvalue weighted by atomic mass is 35.5. The number of nitrogens with zero attached hydrogens (tertiary/aromatic N) is 2. The number of aromatic nitrogens is 1. The summed E-state index contributed by atoms with van der Waals surface area (Å²) in [4.78, 5) is 33.2.